The zero-order chi connectivity index (χ0) is 17.9. The monoisotopic (exact) mass is 349 g/mol. The van der Waals surface area contributed by atoms with Crippen molar-refractivity contribution in [1.82, 2.24) is 0 Å². The average molecular weight is 350 g/mol. The standard InChI is InChI=1S/C23H31NSi/c1-3-4-8-18-9-11-20(12-10-18)23(13-6-5-7-14-23)22-17(2)21(25)15-19(22)16-24/h5-7,9-13H,3-4,8,14-16,24H2,1-2,25H3. The Hall–Kier alpha value is -1.64. The van der Waals surface area contributed by atoms with Gasteiger partial charge in [-0.2, -0.15) is 0 Å². The van der Waals surface area contributed by atoms with E-state index in [1.54, 1.807) is 5.20 Å². The van der Waals surface area contributed by atoms with Crippen LogP contribution in [0.4, 0.5) is 0 Å². The van der Waals surface area contributed by atoms with Crippen LogP contribution in [-0.4, -0.2) is 16.8 Å². The Balaban J connectivity index is 2.06. The maximum atomic E-state index is 6.16. The normalized spacial score (nSPS) is 23.2. The third-order valence-corrected chi connectivity index (χ3v) is 7.00. The summed E-state index contributed by atoms with van der Waals surface area (Å²) in [7, 11) is 1.13. The number of nitrogens with two attached hydrogens (primary N) is 1. The second-order valence-corrected chi connectivity index (χ2v) is 8.74. The number of aryl methyl sites for hydroxylation is 1. The Morgan fingerprint density at radius 2 is 1.92 bits per heavy atom. The van der Waals surface area contributed by atoms with Gasteiger partial charge in [0.15, 0.2) is 0 Å². The summed E-state index contributed by atoms with van der Waals surface area (Å²) in [6, 6.07) is 9.37. The first-order valence-corrected chi connectivity index (χ1v) is 10.7. The van der Waals surface area contributed by atoms with Crippen molar-refractivity contribution in [3.05, 3.63) is 81.6 Å². The van der Waals surface area contributed by atoms with Crippen molar-refractivity contribution in [2.75, 3.05) is 6.54 Å². The van der Waals surface area contributed by atoms with Crippen LogP contribution in [0.2, 0.25) is 0 Å². The zero-order valence-corrected chi connectivity index (χ0v) is 17.9. The summed E-state index contributed by atoms with van der Waals surface area (Å²) in [5.41, 5.74) is 13.4. The lowest BCUT2D eigenvalue weighted by molar-refractivity contribution is 0.631. The van der Waals surface area contributed by atoms with Crippen molar-refractivity contribution in [3.8, 4) is 0 Å². The topological polar surface area (TPSA) is 26.0 Å². The summed E-state index contributed by atoms with van der Waals surface area (Å²) < 4.78 is 0. The van der Waals surface area contributed by atoms with Crippen molar-refractivity contribution in [2.24, 2.45) is 5.73 Å². The number of hydrogen-bond acceptors (Lipinski definition) is 1. The predicted molar refractivity (Wildman–Crippen MR) is 113 cm³/mol. The molecule has 0 saturated heterocycles. The van der Waals surface area contributed by atoms with Crippen molar-refractivity contribution in [2.45, 2.75) is 51.4 Å². The van der Waals surface area contributed by atoms with Crippen LogP contribution in [-0.2, 0) is 11.8 Å². The molecule has 0 aromatic heterocycles. The van der Waals surface area contributed by atoms with E-state index in [9.17, 15) is 0 Å². The molecule has 25 heavy (non-hydrogen) atoms. The van der Waals surface area contributed by atoms with Gasteiger partial charge in [0.2, 0.25) is 0 Å². The number of unbranched alkanes of at least 4 members (excludes halogenated alkanes) is 1. The van der Waals surface area contributed by atoms with Crippen LogP contribution < -0.4 is 5.73 Å². The highest BCUT2D eigenvalue weighted by Crippen LogP contribution is 2.48. The maximum Gasteiger partial charge on any atom is 0.0422 e. The smallest absolute Gasteiger partial charge is 0.0422 e. The molecule has 1 unspecified atom stereocenters. The zero-order valence-electron chi connectivity index (χ0n) is 15.9. The fourth-order valence-corrected chi connectivity index (χ4v) is 5.03. The Kier molecular flexibility index (Phi) is 5.60. The van der Waals surface area contributed by atoms with Gasteiger partial charge >= 0.3 is 0 Å². The first-order chi connectivity index (χ1) is 12.1. The van der Waals surface area contributed by atoms with Gasteiger partial charge in [0.1, 0.15) is 0 Å². The van der Waals surface area contributed by atoms with E-state index in [0.717, 1.165) is 23.1 Å². The van der Waals surface area contributed by atoms with Crippen LogP contribution in [0.15, 0.2) is 70.5 Å². The van der Waals surface area contributed by atoms with Crippen LogP contribution in [0.1, 0.15) is 50.7 Å². The predicted octanol–water partition coefficient (Wildman–Crippen LogP) is 4.08. The highest BCUT2D eigenvalue weighted by atomic mass is 28.1. The van der Waals surface area contributed by atoms with E-state index < -0.39 is 0 Å². The van der Waals surface area contributed by atoms with Gasteiger partial charge in [0.05, 0.1) is 0 Å². The van der Waals surface area contributed by atoms with Crippen LogP contribution in [0.25, 0.3) is 0 Å². The third-order valence-electron chi connectivity index (χ3n) is 5.90. The Labute approximate surface area is 155 Å². The summed E-state index contributed by atoms with van der Waals surface area (Å²) in [6.07, 6.45) is 14.9. The first-order valence-electron chi connectivity index (χ1n) is 9.65. The van der Waals surface area contributed by atoms with Crippen molar-refractivity contribution in [3.63, 3.8) is 0 Å². The van der Waals surface area contributed by atoms with Gasteiger partial charge in [-0.15, -0.1) is 0 Å². The van der Waals surface area contributed by atoms with Crippen molar-refractivity contribution >= 4 is 10.2 Å². The Morgan fingerprint density at radius 3 is 2.52 bits per heavy atom. The fourth-order valence-electron chi connectivity index (χ4n) is 4.36. The molecule has 2 aliphatic rings. The molecule has 2 aliphatic carbocycles. The molecule has 2 heteroatoms. The van der Waals surface area contributed by atoms with E-state index in [0.29, 0.717) is 6.54 Å². The van der Waals surface area contributed by atoms with Gasteiger partial charge in [-0.05, 0) is 54.9 Å². The minimum Gasteiger partial charge on any atom is -0.327 e. The summed E-state index contributed by atoms with van der Waals surface area (Å²) >= 11 is 0. The van der Waals surface area contributed by atoms with Gasteiger partial charge in [0, 0.05) is 22.2 Å². The maximum absolute atomic E-state index is 6.16. The summed E-state index contributed by atoms with van der Waals surface area (Å²) in [4.78, 5) is 0. The highest BCUT2D eigenvalue weighted by Gasteiger charge is 2.38. The second kappa shape index (κ2) is 7.71. The minimum absolute atomic E-state index is 0.0387. The van der Waals surface area contributed by atoms with Gasteiger partial charge < -0.3 is 5.73 Å². The Morgan fingerprint density at radius 1 is 1.16 bits per heavy atom. The molecule has 0 aliphatic heterocycles. The van der Waals surface area contributed by atoms with Crippen molar-refractivity contribution < 1.29 is 0 Å². The molecule has 1 nitrogen and oxygen atoms in total. The van der Waals surface area contributed by atoms with E-state index in [1.165, 1.54) is 47.1 Å². The van der Waals surface area contributed by atoms with Crippen LogP contribution in [0.5, 0.6) is 0 Å². The molecule has 132 valence electrons. The third kappa shape index (κ3) is 3.38. The Bertz CT molecular complexity index is 749. The van der Waals surface area contributed by atoms with Gasteiger partial charge in [-0.1, -0.05) is 72.7 Å². The quantitative estimate of drug-likeness (QED) is 0.769. The van der Waals surface area contributed by atoms with E-state index in [1.807, 2.05) is 0 Å². The lowest BCUT2D eigenvalue weighted by Crippen LogP contribution is -2.29. The lowest BCUT2D eigenvalue weighted by atomic mass is 9.67. The fraction of sp³-hybridized carbons (Fsp3) is 0.391. The highest BCUT2D eigenvalue weighted by molar-refractivity contribution is 6.23. The second-order valence-electron chi connectivity index (χ2n) is 7.53. The molecule has 0 spiro atoms. The molecular formula is C23H31NSi. The number of benzene rings is 1. The summed E-state index contributed by atoms with van der Waals surface area (Å²) in [5, 5.41) is 1.61. The summed E-state index contributed by atoms with van der Waals surface area (Å²) in [6.45, 7) is 5.24. The molecule has 2 N–H and O–H groups in total. The van der Waals surface area contributed by atoms with E-state index >= 15 is 0 Å². The van der Waals surface area contributed by atoms with Crippen LogP contribution in [0, 0.1) is 0 Å². The average Bonchev–Trinajstić information content (AvgIpc) is 2.95. The largest absolute Gasteiger partial charge is 0.327 e. The molecule has 1 aromatic rings. The van der Waals surface area contributed by atoms with E-state index in [2.05, 4.69) is 62.4 Å². The molecule has 0 radical (unpaired) electrons. The molecule has 0 heterocycles. The van der Waals surface area contributed by atoms with Crippen LogP contribution >= 0.6 is 0 Å². The molecule has 0 bridgehead atoms. The molecule has 0 amide bonds. The van der Waals surface area contributed by atoms with E-state index in [-0.39, 0.29) is 5.41 Å². The number of allylic oxidation sites excluding steroid dienone is 7. The van der Waals surface area contributed by atoms with Gasteiger partial charge in [-0.3, -0.25) is 0 Å². The van der Waals surface area contributed by atoms with Gasteiger partial charge in [0.25, 0.3) is 0 Å². The number of hydrogen-bond donors (Lipinski definition) is 1. The van der Waals surface area contributed by atoms with Gasteiger partial charge in [-0.25, -0.2) is 0 Å². The molecular weight excluding hydrogens is 318 g/mol. The lowest BCUT2D eigenvalue weighted by Gasteiger charge is -2.36. The minimum atomic E-state index is -0.0387. The van der Waals surface area contributed by atoms with Crippen LogP contribution in [0.3, 0.4) is 0 Å². The first kappa shape index (κ1) is 18.2. The molecule has 0 saturated carbocycles. The molecule has 1 aromatic carbocycles. The number of rotatable bonds is 6. The molecule has 0 fully saturated rings. The molecule has 1 atom stereocenters. The SMILES string of the molecule is CCCCc1ccc(C2(C3=C(CN)CC([SiH3])=C3C)C=CC=CC2)cc1. The van der Waals surface area contributed by atoms with E-state index in [4.69, 9.17) is 5.73 Å². The summed E-state index contributed by atoms with van der Waals surface area (Å²) in [5.74, 6) is 0. The molecule has 3 rings (SSSR count). The van der Waals surface area contributed by atoms with Crippen molar-refractivity contribution in [1.29, 1.82) is 0 Å².